The summed E-state index contributed by atoms with van der Waals surface area (Å²) in [5.41, 5.74) is -0.878. The van der Waals surface area contributed by atoms with E-state index in [4.69, 9.17) is 18.8 Å². The van der Waals surface area contributed by atoms with Crippen molar-refractivity contribution < 1.29 is 33.1 Å². The number of halogens is 1. The molecule has 2 heterocycles. The molecule has 7 nitrogen and oxygen atoms in total. The summed E-state index contributed by atoms with van der Waals surface area (Å²) in [6, 6.07) is 1.19. The summed E-state index contributed by atoms with van der Waals surface area (Å²) >= 11 is 0. The molecule has 29 heavy (non-hydrogen) atoms. The number of carbonyl (C=O) groups excluding carboxylic acids is 1. The molecule has 1 amide bonds. The van der Waals surface area contributed by atoms with Crippen molar-refractivity contribution in [3.05, 3.63) is 17.4 Å². The summed E-state index contributed by atoms with van der Waals surface area (Å²) in [7, 11) is 0.459. The summed E-state index contributed by atoms with van der Waals surface area (Å²) in [5, 5.41) is 10.2. The lowest BCUT2D eigenvalue weighted by Crippen LogP contribution is -2.49. The number of hydrogen-bond donors (Lipinski definition) is 1. The Labute approximate surface area is 170 Å². The van der Waals surface area contributed by atoms with Crippen LogP contribution in [0.3, 0.4) is 0 Å². The molecule has 0 bridgehead atoms. The predicted molar refractivity (Wildman–Crippen MR) is 104 cm³/mol. The molecular weight excluding hydrogens is 380 g/mol. The van der Waals surface area contributed by atoms with E-state index in [2.05, 4.69) is 0 Å². The largest absolute Gasteiger partial charge is 0.498 e. The molecule has 2 unspecified atom stereocenters. The van der Waals surface area contributed by atoms with E-state index in [-0.39, 0.29) is 35.7 Å². The fourth-order valence-corrected chi connectivity index (χ4v) is 4.17. The van der Waals surface area contributed by atoms with Crippen molar-refractivity contribution in [3.8, 4) is 11.5 Å². The van der Waals surface area contributed by atoms with E-state index in [9.17, 15) is 9.90 Å². The van der Waals surface area contributed by atoms with Gasteiger partial charge in [-0.05, 0) is 53.0 Å². The molecule has 4 rings (SSSR count). The zero-order valence-corrected chi connectivity index (χ0v) is 17.5. The van der Waals surface area contributed by atoms with Crippen LogP contribution >= 0.6 is 0 Å². The van der Waals surface area contributed by atoms with Crippen LogP contribution in [0.5, 0.6) is 11.5 Å². The fraction of sp³-hybridized carbons (Fsp3) is 0.650. The van der Waals surface area contributed by atoms with Gasteiger partial charge in [0.1, 0.15) is 0 Å². The second-order valence-electron chi connectivity index (χ2n) is 8.89. The Bertz CT molecular complexity index is 829. The van der Waals surface area contributed by atoms with Crippen LogP contribution in [0.15, 0.2) is 6.07 Å². The molecule has 1 aromatic carbocycles. The SMILES string of the molecule is COc1c(B2OC(C)(C)C(C)(C)O2)cc2c(c1F)OCN(C1CCCC1O)C2=O. The Morgan fingerprint density at radius 3 is 2.45 bits per heavy atom. The summed E-state index contributed by atoms with van der Waals surface area (Å²) in [6.45, 7) is 7.47. The van der Waals surface area contributed by atoms with Crippen molar-refractivity contribution in [2.75, 3.05) is 13.8 Å². The van der Waals surface area contributed by atoms with Gasteiger partial charge in [-0.2, -0.15) is 4.39 Å². The highest BCUT2D eigenvalue weighted by molar-refractivity contribution is 6.63. The summed E-state index contributed by atoms with van der Waals surface area (Å²) in [5.74, 6) is -1.34. The summed E-state index contributed by atoms with van der Waals surface area (Å²) < 4.78 is 38.2. The number of benzene rings is 1. The Balaban J connectivity index is 1.75. The maximum absolute atomic E-state index is 15.2. The van der Waals surface area contributed by atoms with E-state index in [1.165, 1.54) is 18.1 Å². The highest BCUT2D eigenvalue weighted by atomic mass is 19.1. The summed E-state index contributed by atoms with van der Waals surface area (Å²) in [4.78, 5) is 14.6. The van der Waals surface area contributed by atoms with E-state index in [0.717, 1.165) is 6.42 Å². The molecule has 0 aromatic heterocycles. The van der Waals surface area contributed by atoms with Gasteiger partial charge in [0.15, 0.2) is 18.2 Å². The molecule has 0 spiro atoms. The molecule has 3 aliphatic rings. The quantitative estimate of drug-likeness (QED) is 0.771. The average Bonchev–Trinajstić information content (AvgIpc) is 3.15. The maximum Gasteiger partial charge on any atom is 0.498 e. The molecular formula is C20H27BFNO6. The molecule has 158 valence electrons. The number of nitrogens with zero attached hydrogens (tertiary/aromatic N) is 1. The predicted octanol–water partition coefficient (Wildman–Crippen LogP) is 1.84. The molecule has 1 saturated heterocycles. The van der Waals surface area contributed by atoms with E-state index in [0.29, 0.717) is 18.3 Å². The van der Waals surface area contributed by atoms with Crippen LogP contribution in [-0.2, 0) is 9.31 Å². The first-order chi connectivity index (χ1) is 13.6. The average molecular weight is 407 g/mol. The van der Waals surface area contributed by atoms with Crippen LogP contribution in [0.25, 0.3) is 0 Å². The van der Waals surface area contributed by atoms with E-state index in [1.54, 1.807) is 0 Å². The zero-order chi connectivity index (χ0) is 21.1. The van der Waals surface area contributed by atoms with Crippen LogP contribution < -0.4 is 14.9 Å². The molecule has 1 saturated carbocycles. The maximum atomic E-state index is 15.2. The van der Waals surface area contributed by atoms with Crippen LogP contribution in [0.1, 0.15) is 57.3 Å². The molecule has 1 aliphatic carbocycles. The van der Waals surface area contributed by atoms with Gasteiger partial charge in [0, 0.05) is 5.46 Å². The van der Waals surface area contributed by atoms with E-state index in [1.807, 2.05) is 27.7 Å². The summed E-state index contributed by atoms with van der Waals surface area (Å²) in [6.07, 6.45) is 1.56. The number of hydrogen-bond acceptors (Lipinski definition) is 6. The highest BCUT2D eigenvalue weighted by Gasteiger charge is 2.53. The van der Waals surface area contributed by atoms with Gasteiger partial charge >= 0.3 is 7.12 Å². The first-order valence-electron chi connectivity index (χ1n) is 9.95. The normalized spacial score (nSPS) is 27.8. The lowest BCUT2D eigenvalue weighted by atomic mass is 9.77. The number of methoxy groups -OCH3 is 1. The number of aliphatic hydroxyl groups is 1. The van der Waals surface area contributed by atoms with Crippen molar-refractivity contribution in [2.45, 2.75) is 70.3 Å². The minimum absolute atomic E-state index is 0.0654. The molecule has 2 atom stereocenters. The van der Waals surface area contributed by atoms with Gasteiger partial charge in [0.2, 0.25) is 5.82 Å². The van der Waals surface area contributed by atoms with E-state index < -0.39 is 30.2 Å². The standard InChI is InChI=1S/C20H27BFNO6/c1-19(2)20(3,4)29-21(28-19)12-9-11-16(15(22)17(12)26-5)27-10-23(18(11)25)13-7-6-8-14(13)24/h9,13-14,24H,6-8,10H2,1-5H3. The minimum Gasteiger partial charge on any atom is -0.494 e. The van der Waals surface area contributed by atoms with Crippen molar-refractivity contribution >= 4 is 18.5 Å². The first kappa shape index (κ1) is 20.4. The first-order valence-corrected chi connectivity index (χ1v) is 9.95. The molecule has 2 fully saturated rings. The van der Waals surface area contributed by atoms with Gasteiger partial charge in [-0.1, -0.05) is 0 Å². The lowest BCUT2D eigenvalue weighted by Gasteiger charge is -2.35. The van der Waals surface area contributed by atoms with E-state index >= 15 is 4.39 Å². The number of fused-ring (bicyclic) bond motifs is 1. The van der Waals surface area contributed by atoms with Crippen molar-refractivity contribution in [2.24, 2.45) is 0 Å². The smallest absolute Gasteiger partial charge is 0.494 e. The molecule has 9 heteroatoms. The Hall–Kier alpha value is -1.84. The second kappa shape index (κ2) is 6.85. The van der Waals surface area contributed by atoms with Gasteiger partial charge in [-0.3, -0.25) is 9.69 Å². The fourth-order valence-electron chi connectivity index (χ4n) is 4.17. The number of rotatable bonds is 3. The Kier molecular flexibility index (Phi) is 4.83. The third-order valence-corrected chi connectivity index (χ3v) is 6.60. The van der Waals surface area contributed by atoms with Crippen molar-refractivity contribution in [3.63, 3.8) is 0 Å². The van der Waals surface area contributed by atoms with Gasteiger partial charge in [0.25, 0.3) is 5.91 Å². The van der Waals surface area contributed by atoms with Crippen LogP contribution in [-0.4, -0.2) is 60.2 Å². The lowest BCUT2D eigenvalue weighted by molar-refractivity contribution is 0.00578. The van der Waals surface area contributed by atoms with Crippen LogP contribution in [0, 0.1) is 5.82 Å². The van der Waals surface area contributed by atoms with Crippen LogP contribution in [0.2, 0.25) is 0 Å². The topological polar surface area (TPSA) is 77.5 Å². The van der Waals surface area contributed by atoms with Gasteiger partial charge in [-0.15, -0.1) is 0 Å². The zero-order valence-electron chi connectivity index (χ0n) is 17.5. The van der Waals surface area contributed by atoms with Gasteiger partial charge < -0.3 is 23.9 Å². The van der Waals surface area contributed by atoms with Gasteiger partial charge in [0.05, 0.1) is 36.0 Å². The minimum atomic E-state index is -0.894. The van der Waals surface area contributed by atoms with Crippen LogP contribution in [0.4, 0.5) is 4.39 Å². The second-order valence-corrected chi connectivity index (χ2v) is 8.89. The Morgan fingerprint density at radius 2 is 1.90 bits per heavy atom. The number of carbonyl (C=O) groups is 1. The third kappa shape index (κ3) is 3.10. The number of ether oxygens (including phenoxy) is 2. The Morgan fingerprint density at radius 1 is 1.24 bits per heavy atom. The van der Waals surface area contributed by atoms with Crippen molar-refractivity contribution in [1.82, 2.24) is 4.90 Å². The van der Waals surface area contributed by atoms with Gasteiger partial charge in [-0.25, -0.2) is 0 Å². The highest BCUT2D eigenvalue weighted by Crippen LogP contribution is 2.40. The monoisotopic (exact) mass is 407 g/mol. The number of amides is 1. The molecule has 1 aromatic rings. The molecule has 0 radical (unpaired) electrons. The van der Waals surface area contributed by atoms with Crippen molar-refractivity contribution in [1.29, 1.82) is 0 Å². The number of aliphatic hydroxyl groups excluding tert-OH is 1. The molecule has 2 aliphatic heterocycles. The molecule has 1 N–H and O–H groups in total. The third-order valence-electron chi connectivity index (χ3n) is 6.60.